The zero-order valence-electron chi connectivity index (χ0n) is 7.28. The van der Waals surface area contributed by atoms with Crippen LogP contribution in [0.25, 0.3) is 0 Å². The van der Waals surface area contributed by atoms with Crippen molar-refractivity contribution in [3.63, 3.8) is 0 Å². The number of alkyl halides is 3. The number of hydrogen-bond acceptors (Lipinski definition) is 2. The smallest absolute Gasteiger partial charge is 0.326 e. The van der Waals surface area contributed by atoms with Gasteiger partial charge in [0.05, 0.1) is 6.54 Å². The SMILES string of the molecule is CC(C)C(N)CNCC(F)(F)F. The van der Waals surface area contributed by atoms with Crippen molar-refractivity contribution in [1.29, 1.82) is 0 Å². The van der Waals surface area contributed by atoms with Crippen LogP contribution in [0.2, 0.25) is 0 Å². The molecule has 74 valence electrons. The summed E-state index contributed by atoms with van der Waals surface area (Å²) in [5, 5.41) is 2.26. The van der Waals surface area contributed by atoms with Crippen molar-refractivity contribution >= 4 is 0 Å². The van der Waals surface area contributed by atoms with Gasteiger partial charge in [-0.05, 0) is 5.92 Å². The van der Waals surface area contributed by atoms with Crippen molar-refractivity contribution in [3.8, 4) is 0 Å². The Balaban J connectivity index is 3.44. The monoisotopic (exact) mass is 184 g/mol. The van der Waals surface area contributed by atoms with Gasteiger partial charge in [0.15, 0.2) is 0 Å². The van der Waals surface area contributed by atoms with Gasteiger partial charge in [-0.3, -0.25) is 0 Å². The number of nitrogens with two attached hydrogens (primary N) is 1. The molecule has 0 fully saturated rings. The minimum atomic E-state index is -4.14. The number of hydrogen-bond donors (Lipinski definition) is 2. The van der Waals surface area contributed by atoms with Crippen molar-refractivity contribution in [3.05, 3.63) is 0 Å². The molecule has 5 heteroatoms. The van der Waals surface area contributed by atoms with Crippen LogP contribution in [0, 0.1) is 5.92 Å². The Morgan fingerprint density at radius 2 is 1.83 bits per heavy atom. The molecule has 0 heterocycles. The average molecular weight is 184 g/mol. The van der Waals surface area contributed by atoms with Crippen LogP contribution in [0.1, 0.15) is 13.8 Å². The van der Waals surface area contributed by atoms with Gasteiger partial charge in [0.1, 0.15) is 0 Å². The lowest BCUT2D eigenvalue weighted by Crippen LogP contribution is -2.41. The van der Waals surface area contributed by atoms with E-state index in [-0.39, 0.29) is 18.5 Å². The lowest BCUT2D eigenvalue weighted by Gasteiger charge is -2.16. The molecule has 0 aliphatic rings. The van der Waals surface area contributed by atoms with Gasteiger partial charge < -0.3 is 11.1 Å². The van der Waals surface area contributed by atoms with Crippen LogP contribution in [0.4, 0.5) is 13.2 Å². The Hall–Kier alpha value is -0.290. The van der Waals surface area contributed by atoms with E-state index in [1.807, 2.05) is 13.8 Å². The summed E-state index contributed by atoms with van der Waals surface area (Å²) in [5.41, 5.74) is 5.52. The first-order chi connectivity index (χ1) is 5.33. The van der Waals surface area contributed by atoms with Crippen LogP contribution in [-0.4, -0.2) is 25.3 Å². The van der Waals surface area contributed by atoms with E-state index < -0.39 is 12.7 Å². The minimum Gasteiger partial charge on any atom is -0.326 e. The molecule has 0 spiro atoms. The normalized spacial score (nSPS) is 15.2. The molecule has 12 heavy (non-hydrogen) atoms. The summed E-state index contributed by atoms with van der Waals surface area (Å²) in [6.07, 6.45) is -4.14. The maximum absolute atomic E-state index is 11.6. The molecule has 0 rings (SSSR count). The quantitative estimate of drug-likeness (QED) is 0.687. The molecule has 1 atom stereocenters. The highest BCUT2D eigenvalue weighted by molar-refractivity contribution is 4.69. The molecule has 3 N–H and O–H groups in total. The molecule has 0 aliphatic carbocycles. The van der Waals surface area contributed by atoms with Crippen molar-refractivity contribution in [2.24, 2.45) is 11.7 Å². The fourth-order valence-corrected chi connectivity index (χ4v) is 0.616. The Morgan fingerprint density at radius 3 is 2.17 bits per heavy atom. The molecule has 0 aromatic carbocycles. The molecule has 0 saturated heterocycles. The van der Waals surface area contributed by atoms with Gasteiger partial charge in [-0.15, -0.1) is 0 Å². The van der Waals surface area contributed by atoms with Gasteiger partial charge in [0.25, 0.3) is 0 Å². The van der Waals surface area contributed by atoms with Gasteiger partial charge in [0, 0.05) is 12.6 Å². The molecular weight excluding hydrogens is 169 g/mol. The van der Waals surface area contributed by atoms with Crippen LogP contribution < -0.4 is 11.1 Å². The average Bonchev–Trinajstić information content (AvgIpc) is 1.84. The minimum absolute atomic E-state index is 0.200. The van der Waals surface area contributed by atoms with E-state index in [1.54, 1.807) is 0 Å². The second-order valence-corrected chi connectivity index (χ2v) is 3.15. The zero-order chi connectivity index (χ0) is 9.78. The molecule has 0 aromatic heterocycles. The van der Waals surface area contributed by atoms with Gasteiger partial charge in [-0.25, -0.2) is 0 Å². The maximum atomic E-state index is 11.6. The van der Waals surface area contributed by atoms with Gasteiger partial charge >= 0.3 is 6.18 Å². The van der Waals surface area contributed by atoms with Crippen LogP contribution in [-0.2, 0) is 0 Å². The molecule has 0 amide bonds. The highest BCUT2D eigenvalue weighted by atomic mass is 19.4. The third-order valence-corrected chi connectivity index (χ3v) is 1.56. The van der Waals surface area contributed by atoms with Gasteiger partial charge in [-0.1, -0.05) is 13.8 Å². The van der Waals surface area contributed by atoms with Crippen LogP contribution in [0.3, 0.4) is 0 Å². The highest BCUT2D eigenvalue weighted by Crippen LogP contribution is 2.12. The molecule has 0 aromatic rings. The first-order valence-electron chi connectivity index (χ1n) is 3.86. The molecule has 0 saturated carbocycles. The molecule has 0 radical (unpaired) electrons. The molecule has 0 bridgehead atoms. The molecular formula is C7H15F3N2. The lowest BCUT2D eigenvalue weighted by molar-refractivity contribution is -0.124. The summed E-state index contributed by atoms with van der Waals surface area (Å²) < 4.78 is 34.8. The van der Waals surface area contributed by atoms with E-state index in [9.17, 15) is 13.2 Å². The summed E-state index contributed by atoms with van der Waals surface area (Å²) in [6.45, 7) is 2.99. The zero-order valence-corrected chi connectivity index (χ0v) is 7.28. The fourth-order valence-electron chi connectivity index (χ4n) is 0.616. The fraction of sp³-hybridized carbons (Fsp3) is 1.00. The molecule has 2 nitrogen and oxygen atoms in total. The predicted octanol–water partition coefficient (Wildman–Crippen LogP) is 1.12. The summed E-state index contributed by atoms with van der Waals surface area (Å²) in [7, 11) is 0. The summed E-state index contributed by atoms with van der Waals surface area (Å²) in [6, 6.07) is -0.215. The first-order valence-corrected chi connectivity index (χ1v) is 3.86. The Labute approximate surface area is 70.3 Å². The van der Waals surface area contributed by atoms with Crippen LogP contribution in [0.5, 0.6) is 0 Å². The predicted molar refractivity (Wildman–Crippen MR) is 41.7 cm³/mol. The third-order valence-electron chi connectivity index (χ3n) is 1.56. The standard InChI is InChI=1S/C7H15F3N2/c1-5(2)6(11)3-12-4-7(8,9)10/h5-6,12H,3-4,11H2,1-2H3. The van der Waals surface area contributed by atoms with Crippen LogP contribution in [0.15, 0.2) is 0 Å². The maximum Gasteiger partial charge on any atom is 0.401 e. The van der Waals surface area contributed by atoms with E-state index >= 15 is 0 Å². The number of halogens is 3. The number of rotatable bonds is 4. The van der Waals surface area contributed by atoms with Crippen molar-refractivity contribution in [1.82, 2.24) is 5.32 Å². The molecule has 0 aliphatic heterocycles. The third kappa shape index (κ3) is 6.42. The molecule has 1 unspecified atom stereocenters. The Bertz CT molecular complexity index is 122. The lowest BCUT2D eigenvalue weighted by atomic mass is 10.1. The van der Waals surface area contributed by atoms with E-state index in [0.717, 1.165) is 0 Å². The van der Waals surface area contributed by atoms with Crippen molar-refractivity contribution in [2.75, 3.05) is 13.1 Å². The summed E-state index contributed by atoms with van der Waals surface area (Å²) in [4.78, 5) is 0. The Kier molecular flexibility index (Phi) is 4.55. The number of nitrogens with one attached hydrogen (secondary N) is 1. The topological polar surface area (TPSA) is 38.0 Å². The highest BCUT2D eigenvalue weighted by Gasteiger charge is 2.26. The Morgan fingerprint density at radius 1 is 1.33 bits per heavy atom. The second kappa shape index (κ2) is 4.67. The largest absolute Gasteiger partial charge is 0.401 e. The van der Waals surface area contributed by atoms with Crippen molar-refractivity contribution in [2.45, 2.75) is 26.1 Å². The summed E-state index contributed by atoms with van der Waals surface area (Å²) >= 11 is 0. The van der Waals surface area contributed by atoms with Gasteiger partial charge in [-0.2, -0.15) is 13.2 Å². The van der Waals surface area contributed by atoms with Crippen LogP contribution >= 0.6 is 0 Å². The second-order valence-electron chi connectivity index (χ2n) is 3.15. The van der Waals surface area contributed by atoms with E-state index in [2.05, 4.69) is 5.32 Å². The van der Waals surface area contributed by atoms with E-state index in [4.69, 9.17) is 5.73 Å². The van der Waals surface area contributed by atoms with E-state index in [1.165, 1.54) is 0 Å². The van der Waals surface area contributed by atoms with Crippen molar-refractivity contribution < 1.29 is 13.2 Å². The summed E-state index contributed by atoms with van der Waals surface area (Å²) in [5.74, 6) is 0.200. The first kappa shape index (κ1) is 11.7. The van der Waals surface area contributed by atoms with E-state index in [0.29, 0.717) is 0 Å². The van der Waals surface area contributed by atoms with Gasteiger partial charge in [0.2, 0.25) is 0 Å².